The Balaban J connectivity index is 1.63. The van der Waals surface area contributed by atoms with Gasteiger partial charge >= 0.3 is 6.09 Å². The molecule has 1 N–H and O–H groups in total. The van der Waals surface area contributed by atoms with Crippen LogP contribution in [0.15, 0.2) is 0 Å². The Kier molecular flexibility index (Phi) is 5.49. The van der Waals surface area contributed by atoms with Crippen molar-refractivity contribution in [2.24, 2.45) is 5.92 Å². The SMILES string of the molecule is CCOC(=O)N1CCC(NC(C)CC2CCC2)CC1. The van der Waals surface area contributed by atoms with Crippen LogP contribution in [0.3, 0.4) is 0 Å². The average molecular weight is 268 g/mol. The third-order valence-corrected chi connectivity index (χ3v) is 4.45. The quantitative estimate of drug-likeness (QED) is 0.833. The average Bonchev–Trinajstić information content (AvgIpc) is 2.35. The number of carbonyl (C=O) groups is 1. The molecule has 0 bridgehead atoms. The van der Waals surface area contributed by atoms with Crippen LogP contribution in [0.1, 0.15) is 52.4 Å². The zero-order valence-corrected chi connectivity index (χ0v) is 12.4. The Morgan fingerprint density at radius 2 is 2.00 bits per heavy atom. The van der Waals surface area contributed by atoms with Gasteiger partial charge in [-0.15, -0.1) is 0 Å². The summed E-state index contributed by atoms with van der Waals surface area (Å²) in [6, 6.07) is 1.19. The molecule has 19 heavy (non-hydrogen) atoms. The van der Waals surface area contributed by atoms with E-state index in [2.05, 4.69) is 12.2 Å². The van der Waals surface area contributed by atoms with Crippen LogP contribution >= 0.6 is 0 Å². The van der Waals surface area contributed by atoms with E-state index >= 15 is 0 Å². The molecule has 0 aromatic heterocycles. The molecular formula is C15H28N2O2. The van der Waals surface area contributed by atoms with E-state index in [9.17, 15) is 4.79 Å². The molecule has 4 nitrogen and oxygen atoms in total. The van der Waals surface area contributed by atoms with Crippen molar-refractivity contribution in [3.05, 3.63) is 0 Å². The van der Waals surface area contributed by atoms with Gasteiger partial charge < -0.3 is 15.0 Å². The smallest absolute Gasteiger partial charge is 0.409 e. The van der Waals surface area contributed by atoms with Crippen LogP contribution in [0.25, 0.3) is 0 Å². The van der Waals surface area contributed by atoms with E-state index in [1.807, 2.05) is 11.8 Å². The van der Waals surface area contributed by atoms with E-state index in [4.69, 9.17) is 4.74 Å². The standard InChI is InChI=1S/C15H28N2O2/c1-3-19-15(18)17-9-7-14(8-10-17)16-12(2)11-13-5-4-6-13/h12-14,16H,3-11H2,1-2H3. The van der Waals surface area contributed by atoms with E-state index in [1.54, 1.807) is 0 Å². The molecule has 0 radical (unpaired) electrons. The molecule has 2 fully saturated rings. The highest BCUT2D eigenvalue weighted by atomic mass is 16.6. The van der Waals surface area contributed by atoms with Gasteiger partial charge in [0.2, 0.25) is 0 Å². The second-order valence-electron chi connectivity index (χ2n) is 6.06. The lowest BCUT2D eigenvalue weighted by Crippen LogP contribution is -2.47. The monoisotopic (exact) mass is 268 g/mol. The minimum absolute atomic E-state index is 0.150. The summed E-state index contributed by atoms with van der Waals surface area (Å²) in [5, 5.41) is 3.73. The Morgan fingerprint density at radius 3 is 2.53 bits per heavy atom. The number of hydrogen-bond donors (Lipinski definition) is 1. The van der Waals surface area contributed by atoms with Crippen molar-refractivity contribution < 1.29 is 9.53 Å². The molecular weight excluding hydrogens is 240 g/mol. The van der Waals surface area contributed by atoms with Crippen LogP contribution in [0.2, 0.25) is 0 Å². The topological polar surface area (TPSA) is 41.6 Å². The van der Waals surface area contributed by atoms with Crippen molar-refractivity contribution in [2.75, 3.05) is 19.7 Å². The predicted octanol–water partition coefficient (Wildman–Crippen LogP) is 2.78. The molecule has 1 aliphatic carbocycles. The number of nitrogens with zero attached hydrogens (tertiary/aromatic N) is 1. The van der Waals surface area contributed by atoms with Crippen LogP contribution in [-0.4, -0.2) is 42.8 Å². The number of nitrogens with one attached hydrogen (secondary N) is 1. The first-order chi connectivity index (χ1) is 9.19. The number of likely N-dealkylation sites (tertiary alicyclic amines) is 1. The van der Waals surface area contributed by atoms with Crippen molar-refractivity contribution in [1.82, 2.24) is 10.2 Å². The first-order valence-corrected chi connectivity index (χ1v) is 7.86. The molecule has 2 rings (SSSR count). The van der Waals surface area contributed by atoms with Gasteiger partial charge in [-0.1, -0.05) is 19.3 Å². The van der Waals surface area contributed by atoms with Crippen molar-refractivity contribution in [2.45, 2.75) is 64.5 Å². The molecule has 1 aliphatic heterocycles. The highest BCUT2D eigenvalue weighted by Crippen LogP contribution is 2.30. The highest BCUT2D eigenvalue weighted by molar-refractivity contribution is 5.67. The van der Waals surface area contributed by atoms with Gasteiger partial charge in [0.25, 0.3) is 0 Å². The first-order valence-electron chi connectivity index (χ1n) is 7.86. The minimum atomic E-state index is -0.150. The molecule has 1 atom stereocenters. The number of piperidine rings is 1. The third-order valence-electron chi connectivity index (χ3n) is 4.45. The fraction of sp³-hybridized carbons (Fsp3) is 0.933. The van der Waals surface area contributed by atoms with Crippen molar-refractivity contribution in [3.8, 4) is 0 Å². The van der Waals surface area contributed by atoms with Crippen LogP contribution in [-0.2, 0) is 4.74 Å². The van der Waals surface area contributed by atoms with Crippen molar-refractivity contribution in [3.63, 3.8) is 0 Å². The normalized spacial score (nSPS) is 22.9. The first kappa shape index (κ1) is 14.6. The minimum Gasteiger partial charge on any atom is -0.450 e. The highest BCUT2D eigenvalue weighted by Gasteiger charge is 2.26. The van der Waals surface area contributed by atoms with Crippen molar-refractivity contribution >= 4 is 6.09 Å². The van der Waals surface area contributed by atoms with Gasteiger partial charge in [-0.05, 0) is 39.0 Å². The molecule has 0 spiro atoms. The maximum absolute atomic E-state index is 11.6. The Bertz CT molecular complexity index is 284. The molecule has 1 unspecified atom stereocenters. The van der Waals surface area contributed by atoms with Crippen LogP contribution in [0.5, 0.6) is 0 Å². The van der Waals surface area contributed by atoms with Gasteiger partial charge in [-0.3, -0.25) is 0 Å². The fourth-order valence-electron chi connectivity index (χ4n) is 3.14. The summed E-state index contributed by atoms with van der Waals surface area (Å²) in [6.07, 6.45) is 7.54. The van der Waals surface area contributed by atoms with E-state index < -0.39 is 0 Å². The maximum atomic E-state index is 11.6. The molecule has 0 aromatic carbocycles. The molecule has 1 amide bonds. The van der Waals surface area contributed by atoms with Crippen LogP contribution < -0.4 is 5.32 Å². The summed E-state index contributed by atoms with van der Waals surface area (Å²) in [5.41, 5.74) is 0. The lowest BCUT2D eigenvalue weighted by Gasteiger charge is -2.35. The van der Waals surface area contributed by atoms with E-state index in [-0.39, 0.29) is 6.09 Å². The van der Waals surface area contributed by atoms with Crippen molar-refractivity contribution in [1.29, 1.82) is 0 Å². The van der Waals surface area contributed by atoms with E-state index in [0.29, 0.717) is 18.7 Å². The number of hydrogen-bond acceptors (Lipinski definition) is 3. The number of carbonyl (C=O) groups excluding carboxylic acids is 1. The largest absolute Gasteiger partial charge is 0.450 e. The molecule has 0 aromatic rings. The second kappa shape index (κ2) is 7.13. The zero-order chi connectivity index (χ0) is 13.7. The lowest BCUT2D eigenvalue weighted by atomic mass is 9.81. The molecule has 2 aliphatic rings. The van der Waals surface area contributed by atoms with Gasteiger partial charge in [0.05, 0.1) is 6.61 Å². The Labute approximate surface area is 116 Å². The van der Waals surface area contributed by atoms with Gasteiger partial charge in [-0.2, -0.15) is 0 Å². The summed E-state index contributed by atoms with van der Waals surface area (Å²) >= 11 is 0. The number of ether oxygens (including phenoxy) is 1. The summed E-state index contributed by atoms with van der Waals surface area (Å²) in [5.74, 6) is 0.960. The molecule has 1 saturated heterocycles. The Hall–Kier alpha value is -0.770. The maximum Gasteiger partial charge on any atom is 0.409 e. The summed E-state index contributed by atoms with van der Waals surface area (Å²) in [7, 11) is 0. The second-order valence-corrected chi connectivity index (χ2v) is 6.06. The molecule has 110 valence electrons. The molecule has 1 saturated carbocycles. The van der Waals surface area contributed by atoms with Gasteiger partial charge in [-0.25, -0.2) is 4.79 Å². The lowest BCUT2D eigenvalue weighted by molar-refractivity contribution is 0.0938. The Morgan fingerprint density at radius 1 is 1.32 bits per heavy atom. The number of amides is 1. The van der Waals surface area contributed by atoms with Gasteiger partial charge in [0, 0.05) is 25.2 Å². The van der Waals surface area contributed by atoms with Crippen LogP contribution in [0, 0.1) is 5.92 Å². The summed E-state index contributed by atoms with van der Waals surface area (Å²) in [6.45, 7) is 6.28. The van der Waals surface area contributed by atoms with Gasteiger partial charge in [0.1, 0.15) is 0 Å². The van der Waals surface area contributed by atoms with E-state index in [0.717, 1.165) is 31.8 Å². The number of rotatable bonds is 5. The van der Waals surface area contributed by atoms with Gasteiger partial charge in [0.15, 0.2) is 0 Å². The summed E-state index contributed by atoms with van der Waals surface area (Å²) in [4.78, 5) is 13.4. The van der Waals surface area contributed by atoms with E-state index in [1.165, 1.54) is 25.7 Å². The molecule has 4 heteroatoms. The fourth-order valence-corrected chi connectivity index (χ4v) is 3.14. The summed E-state index contributed by atoms with van der Waals surface area (Å²) < 4.78 is 5.04. The zero-order valence-electron chi connectivity index (χ0n) is 12.4. The predicted molar refractivity (Wildman–Crippen MR) is 76.2 cm³/mol. The third kappa shape index (κ3) is 4.37. The molecule has 1 heterocycles. The van der Waals surface area contributed by atoms with Crippen LogP contribution in [0.4, 0.5) is 4.79 Å².